The fourth-order valence-corrected chi connectivity index (χ4v) is 3.99. The maximum atomic E-state index is 13.2. The Balaban J connectivity index is 1.54. The van der Waals surface area contributed by atoms with E-state index in [9.17, 15) is 9.50 Å². The van der Waals surface area contributed by atoms with Crippen molar-refractivity contribution in [3.8, 4) is 0 Å². The van der Waals surface area contributed by atoms with Gasteiger partial charge in [-0.05, 0) is 35.4 Å². The van der Waals surface area contributed by atoms with Crippen LogP contribution in [0.1, 0.15) is 23.3 Å². The van der Waals surface area contributed by atoms with Gasteiger partial charge >= 0.3 is 0 Å². The summed E-state index contributed by atoms with van der Waals surface area (Å²) in [5, 5.41) is 11.2. The molecule has 4 rings (SSSR count). The van der Waals surface area contributed by atoms with Crippen molar-refractivity contribution in [2.24, 2.45) is 0 Å². The van der Waals surface area contributed by atoms with E-state index in [2.05, 4.69) is 21.9 Å². The molecule has 144 valence electrons. The first-order valence-electron chi connectivity index (χ1n) is 9.75. The van der Waals surface area contributed by atoms with Crippen LogP contribution in [-0.2, 0) is 0 Å². The fraction of sp³-hybridized carbons (Fsp3) is 0.250. The molecule has 0 spiro atoms. The predicted octanol–water partition coefficient (Wildman–Crippen LogP) is 4.42. The maximum Gasteiger partial charge on any atom is 0.123 e. The molecule has 0 aromatic heterocycles. The summed E-state index contributed by atoms with van der Waals surface area (Å²) in [5.74, 6) is -0.211. The zero-order valence-electron chi connectivity index (χ0n) is 15.8. The monoisotopic (exact) mass is 376 g/mol. The topological polar surface area (TPSA) is 26.7 Å². The molecule has 0 saturated carbocycles. The van der Waals surface area contributed by atoms with E-state index in [0.29, 0.717) is 0 Å². The van der Waals surface area contributed by atoms with Crippen LogP contribution >= 0.6 is 0 Å². The molecule has 1 N–H and O–H groups in total. The van der Waals surface area contributed by atoms with Gasteiger partial charge in [0, 0.05) is 31.9 Å². The van der Waals surface area contributed by atoms with E-state index in [1.54, 1.807) is 0 Å². The lowest BCUT2D eigenvalue weighted by atomic mass is 9.94. The third-order valence-electron chi connectivity index (χ3n) is 5.48. The first-order chi connectivity index (χ1) is 13.7. The second kappa shape index (κ2) is 8.55. The number of hydrogen-bond acceptors (Lipinski definition) is 3. The van der Waals surface area contributed by atoms with Crippen LogP contribution in [0.25, 0.3) is 0 Å². The summed E-state index contributed by atoms with van der Waals surface area (Å²) in [4.78, 5) is 4.62. The van der Waals surface area contributed by atoms with Gasteiger partial charge in [-0.15, -0.1) is 0 Å². The minimum atomic E-state index is -0.596. The number of aliphatic hydroxyl groups is 1. The molecule has 2 atom stereocenters. The lowest BCUT2D eigenvalue weighted by Crippen LogP contribution is -2.48. The molecule has 1 saturated heterocycles. The number of hydrogen-bond donors (Lipinski definition) is 1. The molecule has 1 fully saturated rings. The lowest BCUT2D eigenvalue weighted by Gasteiger charge is -2.42. The molecule has 0 unspecified atom stereocenters. The highest BCUT2D eigenvalue weighted by Gasteiger charge is 2.31. The number of anilines is 1. The van der Waals surface area contributed by atoms with Crippen molar-refractivity contribution in [2.45, 2.75) is 12.1 Å². The van der Waals surface area contributed by atoms with Gasteiger partial charge in [0.15, 0.2) is 0 Å². The van der Waals surface area contributed by atoms with E-state index >= 15 is 0 Å². The Morgan fingerprint density at radius 3 is 1.79 bits per heavy atom. The van der Waals surface area contributed by atoms with Gasteiger partial charge in [0.2, 0.25) is 0 Å². The predicted molar refractivity (Wildman–Crippen MR) is 111 cm³/mol. The fourth-order valence-electron chi connectivity index (χ4n) is 3.99. The maximum absolute atomic E-state index is 13.2. The average molecular weight is 376 g/mol. The molecule has 3 aromatic rings. The quantitative estimate of drug-likeness (QED) is 0.714. The second-order valence-electron chi connectivity index (χ2n) is 7.21. The van der Waals surface area contributed by atoms with Crippen LogP contribution < -0.4 is 4.90 Å². The number of aliphatic hydroxyl groups excluding tert-OH is 1. The Morgan fingerprint density at radius 2 is 1.21 bits per heavy atom. The number of rotatable bonds is 5. The summed E-state index contributed by atoms with van der Waals surface area (Å²) in [6, 6.07) is 26.7. The van der Waals surface area contributed by atoms with Crippen LogP contribution in [0, 0.1) is 5.82 Å². The van der Waals surface area contributed by atoms with E-state index in [1.165, 1.54) is 12.1 Å². The molecular weight excluding hydrogens is 351 g/mol. The minimum Gasteiger partial charge on any atom is -0.386 e. The summed E-state index contributed by atoms with van der Waals surface area (Å²) in [7, 11) is 0. The lowest BCUT2D eigenvalue weighted by molar-refractivity contribution is 0.0436. The van der Waals surface area contributed by atoms with Gasteiger partial charge in [0.1, 0.15) is 5.82 Å². The Labute approximate surface area is 165 Å². The van der Waals surface area contributed by atoms with Gasteiger partial charge in [-0.3, -0.25) is 4.90 Å². The zero-order valence-corrected chi connectivity index (χ0v) is 15.8. The Kier molecular flexibility index (Phi) is 5.70. The van der Waals surface area contributed by atoms with Gasteiger partial charge in [-0.1, -0.05) is 60.7 Å². The molecule has 4 heteroatoms. The number of piperazine rings is 1. The normalized spacial score (nSPS) is 17.3. The highest BCUT2D eigenvalue weighted by atomic mass is 19.1. The summed E-state index contributed by atoms with van der Waals surface area (Å²) < 4.78 is 13.2. The molecule has 3 aromatic carbocycles. The van der Waals surface area contributed by atoms with Crippen LogP contribution in [0.4, 0.5) is 10.1 Å². The highest BCUT2D eigenvalue weighted by Crippen LogP contribution is 2.35. The van der Waals surface area contributed by atoms with E-state index in [0.717, 1.165) is 43.0 Å². The molecule has 0 bridgehead atoms. The van der Waals surface area contributed by atoms with Gasteiger partial charge in [-0.2, -0.15) is 0 Å². The van der Waals surface area contributed by atoms with Crippen LogP contribution in [0.2, 0.25) is 0 Å². The SMILES string of the molecule is O[C@@H](c1ccccc1)[C@@H](c1ccccc1)N1CCN(c2ccc(F)cc2)CC1. The Morgan fingerprint density at radius 1 is 0.679 bits per heavy atom. The van der Waals surface area contributed by atoms with Crippen molar-refractivity contribution in [3.63, 3.8) is 0 Å². The summed E-state index contributed by atoms with van der Waals surface area (Å²) >= 11 is 0. The van der Waals surface area contributed by atoms with Crippen LogP contribution in [0.3, 0.4) is 0 Å². The van der Waals surface area contributed by atoms with Crippen LogP contribution in [0.5, 0.6) is 0 Å². The van der Waals surface area contributed by atoms with Crippen molar-refractivity contribution in [3.05, 3.63) is 102 Å². The molecule has 0 amide bonds. The minimum absolute atomic E-state index is 0.0982. The van der Waals surface area contributed by atoms with Crippen molar-refractivity contribution in [1.82, 2.24) is 4.90 Å². The largest absolute Gasteiger partial charge is 0.386 e. The molecule has 28 heavy (non-hydrogen) atoms. The van der Waals surface area contributed by atoms with E-state index < -0.39 is 6.10 Å². The third kappa shape index (κ3) is 4.08. The van der Waals surface area contributed by atoms with E-state index in [-0.39, 0.29) is 11.9 Å². The third-order valence-corrected chi connectivity index (χ3v) is 5.48. The molecule has 0 aliphatic carbocycles. The molecular formula is C24H25FN2O. The molecule has 1 aliphatic heterocycles. The van der Waals surface area contributed by atoms with E-state index in [1.807, 2.05) is 60.7 Å². The summed E-state index contributed by atoms with van der Waals surface area (Å²) in [6.45, 7) is 3.36. The first-order valence-corrected chi connectivity index (χ1v) is 9.75. The van der Waals surface area contributed by atoms with Crippen LogP contribution in [0.15, 0.2) is 84.9 Å². The molecule has 1 aliphatic rings. The Hall–Kier alpha value is -2.69. The standard InChI is InChI=1S/C24H25FN2O/c25-21-11-13-22(14-12-21)26-15-17-27(18-16-26)23(19-7-3-1-4-8-19)24(28)20-9-5-2-6-10-20/h1-14,23-24,28H,15-18H2/t23-,24+/m1/s1. The van der Waals surface area contributed by atoms with Gasteiger partial charge < -0.3 is 10.0 Å². The van der Waals surface area contributed by atoms with Crippen LogP contribution in [-0.4, -0.2) is 36.2 Å². The van der Waals surface area contributed by atoms with E-state index in [4.69, 9.17) is 0 Å². The van der Waals surface area contributed by atoms with Gasteiger partial charge in [-0.25, -0.2) is 4.39 Å². The first kappa shape index (κ1) is 18.7. The summed E-state index contributed by atoms with van der Waals surface area (Å²) in [5.41, 5.74) is 3.09. The van der Waals surface area contributed by atoms with Crippen molar-refractivity contribution >= 4 is 5.69 Å². The number of nitrogens with zero attached hydrogens (tertiary/aromatic N) is 2. The van der Waals surface area contributed by atoms with Crippen molar-refractivity contribution < 1.29 is 9.50 Å². The zero-order chi connectivity index (χ0) is 19.3. The van der Waals surface area contributed by atoms with Gasteiger partial charge in [0.25, 0.3) is 0 Å². The van der Waals surface area contributed by atoms with Crippen molar-refractivity contribution in [1.29, 1.82) is 0 Å². The average Bonchev–Trinajstić information content (AvgIpc) is 2.76. The van der Waals surface area contributed by atoms with Gasteiger partial charge in [0.05, 0.1) is 12.1 Å². The smallest absolute Gasteiger partial charge is 0.123 e. The van der Waals surface area contributed by atoms with Crippen molar-refractivity contribution in [2.75, 3.05) is 31.1 Å². The number of benzene rings is 3. The second-order valence-corrected chi connectivity index (χ2v) is 7.21. The molecule has 3 nitrogen and oxygen atoms in total. The highest BCUT2D eigenvalue weighted by molar-refractivity contribution is 5.46. The Bertz CT molecular complexity index is 862. The number of halogens is 1. The molecule has 1 heterocycles. The molecule has 0 radical (unpaired) electrons. The summed E-state index contributed by atoms with van der Waals surface area (Å²) in [6.07, 6.45) is -0.596.